The molecule has 1 rings (SSSR count). The van der Waals surface area contributed by atoms with Crippen molar-refractivity contribution in [3.05, 3.63) is 0 Å². The molecule has 0 aliphatic heterocycles. The van der Waals surface area contributed by atoms with Crippen LogP contribution in [0, 0.1) is 0 Å². The zero-order chi connectivity index (χ0) is 15.4. The molecule has 1 fully saturated rings. The van der Waals surface area contributed by atoms with Crippen molar-refractivity contribution < 1.29 is 9.90 Å². The van der Waals surface area contributed by atoms with E-state index >= 15 is 0 Å². The minimum atomic E-state index is -0.724. The molecular weight excluding hydrogens is 252 g/mol. The summed E-state index contributed by atoms with van der Waals surface area (Å²) in [5.74, 6) is -0.690. The number of nitrogens with one attached hydrogen (secondary N) is 1. The average molecular weight is 284 g/mol. The number of carboxylic acids is 1. The molecule has 20 heavy (non-hydrogen) atoms. The predicted molar refractivity (Wildman–Crippen MR) is 83.0 cm³/mol. The van der Waals surface area contributed by atoms with Crippen molar-refractivity contribution >= 4 is 5.97 Å². The predicted octanol–water partition coefficient (Wildman–Crippen LogP) is 2.87. The Hall–Kier alpha value is -0.610. The summed E-state index contributed by atoms with van der Waals surface area (Å²) in [6.45, 7) is 9.59. The van der Waals surface area contributed by atoms with Crippen molar-refractivity contribution in [1.29, 1.82) is 0 Å². The first-order valence-electron chi connectivity index (χ1n) is 7.99. The van der Waals surface area contributed by atoms with Crippen LogP contribution in [0.5, 0.6) is 0 Å². The van der Waals surface area contributed by atoms with Crippen LogP contribution in [0.1, 0.15) is 66.2 Å². The van der Waals surface area contributed by atoms with E-state index in [9.17, 15) is 9.90 Å². The van der Waals surface area contributed by atoms with Gasteiger partial charge in [0.2, 0.25) is 0 Å². The lowest BCUT2D eigenvalue weighted by Crippen LogP contribution is -2.53. The van der Waals surface area contributed by atoms with Crippen LogP contribution >= 0.6 is 0 Å². The first-order valence-corrected chi connectivity index (χ1v) is 7.99. The average Bonchev–Trinajstić information content (AvgIpc) is 3.20. The molecule has 4 nitrogen and oxygen atoms in total. The second-order valence-corrected chi connectivity index (χ2v) is 6.85. The minimum absolute atomic E-state index is 0.183. The molecule has 0 aromatic rings. The fraction of sp³-hybridized carbons (Fsp3) is 0.938. The lowest BCUT2D eigenvalue weighted by atomic mass is 9.89. The van der Waals surface area contributed by atoms with Crippen molar-refractivity contribution in [3.63, 3.8) is 0 Å². The molecule has 0 aromatic carbocycles. The smallest absolute Gasteiger partial charge is 0.323 e. The minimum Gasteiger partial charge on any atom is -0.480 e. The van der Waals surface area contributed by atoms with E-state index in [-0.39, 0.29) is 5.54 Å². The molecule has 1 aliphatic carbocycles. The molecule has 0 heterocycles. The third kappa shape index (κ3) is 4.45. The van der Waals surface area contributed by atoms with Crippen molar-refractivity contribution in [3.8, 4) is 0 Å². The molecule has 2 N–H and O–H groups in total. The van der Waals surface area contributed by atoms with E-state index in [4.69, 9.17) is 0 Å². The second kappa shape index (κ2) is 6.90. The van der Waals surface area contributed by atoms with Gasteiger partial charge >= 0.3 is 5.97 Å². The van der Waals surface area contributed by atoms with Crippen LogP contribution in [-0.4, -0.2) is 46.7 Å². The Morgan fingerprint density at radius 3 is 2.30 bits per heavy atom. The maximum atomic E-state index is 11.7. The molecule has 1 atom stereocenters. The van der Waals surface area contributed by atoms with Crippen LogP contribution < -0.4 is 5.32 Å². The Morgan fingerprint density at radius 2 is 1.90 bits per heavy atom. The van der Waals surface area contributed by atoms with Gasteiger partial charge in [-0.05, 0) is 66.0 Å². The van der Waals surface area contributed by atoms with E-state index < -0.39 is 11.5 Å². The van der Waals surface area contributed by atoms with Gasteiger partial charge in [0.05, 0.1) is 0 Å². The number of carboxylic acid groups (broad SMARTS) is 1. The Balaban J connectivity index is 2.52. The van der Waals surface area contributed by atoms with E-state index in [1.165, 1.54) is 0 Å². The van der Waals surface area contributed by atoms with Crippen LogP contribution in [0.3, 0.4) is 0 Å². The normalized spacial score (nSPS) is 19.1. The van der Waals surface area contributed by atoms with Crippen molar-refractivity contribution in [2.45, 2.75) is 83.3 Å². The highest BCUT2D eigenvalue weighted by Crippen LogP contribution is 2.28. The number of nitrogens with zero attached hydrogens (tertiary/aromatic N) is 1. The highest BCUT2D eigenvalue weighted by molar-refractivity contribution is 5.78. The maximum Gasteiger partial charge on any atom is 0.323 e. The quantitative estimate of drug-likeness (QED) is 0.648. The number of hydrogen-bond donors (Lipinski definition) is 2. The van der Waals surface area contributed by atoms with Crippen molar-refractivity contribution in [2.24, 2.45) is 0 Å². The molecule has 0 radical (unpaired) electrons. The number of carbonyl (C=O) groups is 1. The SMILES string of the molecule is CCC(CCCN(C)C(C)(C)CC)(NC1CC1)C(=O)O. The number of hydrogen-bond acceptors (Lipinski definition) is 3. The van der Waals surface area contributed by atoms with E-state index in [0.29, 0.717) is 18.9 Å². The molecule has 0 aromatic heterocycles. The third-order valence-electron chi connectivity index (χ3n) is 5.07. The summed E-state index contributed by atoms with van der Waals surface area (Å²) in [7, 11) is 2.13. The molecule has 1 unspecified atom stereocenters. The highest BCUT2D eigenvalue weighted by atomic mass is 16.4. The lowest BCUT2D eigenvalue weighted by molar-refractivity contribution is -0.145. The van der Waals surface area contributed by atoms with E-state index in [1.54, 1.807) is 0 Å². The van der Waals surface area contributed by atoms with Gasteiger partial charge in [0.25, 0.3) is 0 Å². The molecule has 1 saturated carbocycles. The Morgan fingerprint density at radius 1 is 1.30 bits per heavy atom. The third-order valence-corrected chi connectivity index (χ3v) is 5.07. The van der Waals surface area contributed by atoms with Gasteiger partial charge in [-0.1, -0.05) is 13.8 Å². The first kappa shape index (κ1) is 17.4. The lowest BCUT2D eigenvalue weighted by Gasteiger charge is -2.36. The van der Waals surface area contributed by atoms with Crippen LogP contribution in [0.2, 0.25) is 0 Å². The molecule has 0 saturated heterocycles. The van der Waals surface area contributed by atoms with Gasteiger partial charge in [0.1, 0.15) is 5.54 Å². The summed E-state index contributed by atoms with van der Waals surface area (Å²) < 4.78 is 0. The zero-order valence-electron chi connectivity index (χ0n) is 13.8. The second-order valence-electron chi connectivity index (χ2n) is 6.85. The fourth-order valence-electron chi connectivity index (χ4n) is 2.48. The van der Waals surface area contributed by atoms with Gasteiger partial charge in [0, 0.05) is 11.6 Å². The first-order chi connectivity index (χ1) is 9.27. The van der Waals surface area contributed by atoms with Crippen molar-refractivity contribution in [2.75, 3.05) is 13.6 Å². The Labute approximate surface area is 123 Å². The van der Waals surface area contributed by atoms with Gasteiger partial charge in [0.15, 0.2) is 0 Å². The maximum absolute atomic E-state index is 11.7. The fourth-order valence-corrected chi connectivity index (χ4v) is 2.48. The summed E-state index contributed by atoms with van der Waals surface area (Å²) in [5.41, 5.74) is -0.541. The van der Waals surface area contributed by atoms with E-state index in [0.717, 1.165) is 32.2 Å². The van der Waals surface area contributed by atoms with Crippen LogP contribution in [0.25, 0.3) is 0 Å². The topological polar surface area (TPSA) is 52.6 Å². The van der Waals surface area contributed by atoms with Crippen LogP contribution in [0.15, 0.2) is 0 Å². The molecule has 0 spiro atoms. The summed E-state index contributed by atoms with van der Waals surface area (Å²) in [6.07, 6.45) is 5.62. The monoisotopic (exact) mass is 284 g/mol. The Kier molecular flexibility index (Phi) is 6.02. The van der Waals surface area contributed by atoms with Crippen molar-refractivity contribution in [1.82, 2.24) is 10.2 Å². The summed E-state index contributed by atoms with van der Waals surface area (Å²) in [6, 6.07) is 0.427. The molecule has 1 aliphatic rings. The number of aliphatic carboxylic acids is 1. The van der Waals surface area contributed by atoms with Gasteiger partial charge in [-0.25, -0.2) is 0 Å². The molecular formula is C16H32N2O2. The largest absolute Gasteiger partial charge is 0.480 e. The standard InChI is InChI=1S/C16H32N2O2/c1-6-15(3,4)18(5)12-8-11-16(7-2,14(19)20)17-13-9-10-13/h13,17H,6-12H2,1-5H3,(H,19,20). The van der Waals surface area contributed by atoms with Crippen LogP contribution in [-0.2, 0) is 4.79 Å². The highest BCUT2D eigenvalue weighted by Gasteiger charge is 2.40. The molecule has 118 valence electrons. The summed E-state index contributed by atoms with van der Waals surface area (Å²) >= 11 is 0. The van der Waals surface area contributed by atoms with E-state index in [2.05, 4.69) is 38.0 Å². The van der Waals surface area contributed by atoms with E-state index in [1.807, 2.05) is 6.92 Å². The number of rotatable bonds is 10. The summed E-state index contributed by atoms with van der Waals surface area (Å²) in [4.78, 5) is 14.0. The zero-order valence-corrected chi connectivity index (χ0v) is 13.8. The van der Waals surface area contributed by atoms with Gasteiger partial charge in [-0.2, -0.15) is 0 Å². The van der Waals surface area contributed by atoms with Gasteiger partial charge in [-0.3, -0.25) is 10.1 Å². The Bertz CT molecular complexity index is 326. The molecule has 0 bridgehead atoms. The summed E-state index contributed by atoms with van der Waals surface area (Å²) in [5, 5.41) is 13.0. The van der Waals surface area contributed by atoms with Gasteiger partial charge in [-0.15, -0.1) is 0 Å². The molecule has 4 heteroatoms. The van der Waals surface area contributed by atoms with Crippen LogP contribution in [0.4, 0.5) is 0 Å². The molecule has 0 amide bonds. The van der Waals surface area contributed by atoms with Gasteiger partial charge < -0.3 is 10.0 Å².